The van der Waals surface area contributed by atoms with Crippen LogP contribution in [0.4, 0.5) is 10.1 Å². The number of carbonyl (C=O) groups is 1. The number of nitrogens with two attached hydrogens (primary N) is 1. The smallest absolute Gasteiger partial charge is 0.199 e. The molecular formula is C15H13BrFNO3. The summed E-state index contributed by atoms with van der Waals surface area (Å²) in [5.74, 6) is -0.360. The van der Waals surface area contributed by atoms with Gasteiger partial charge in [0.25, 0.3) is 0 Å². The van der Waals surface area contributed by atoms with Gasteiger partial charge in [-0.15, -0.1) is 0 Å². The molecule has 6 heteroatoms. The van der Waals surface area contributed by atoms with E-state index in [4.69, 9.17) is 15.2 Å². The van der Waals surface area contributed by atoms with Crippen LogP contribution in [0, 0.1) is 5.82 Å². The van der Waals surface area contributed by atoms with Crippen LogP contribution in [0.25, 0.3) is 0 Å². The molecule has 2 aromatic rings. The second kappa shape index (κ2) is 6.13. The maximum absolute atomic E-state index is 13.8. The lowest BCUT2D eigenvalue weighted by atomic mass is 10.0. The quantitative estimate of drug-likeness (QED) is 0.675. The molecule has 0 radical (unpaired) electrons. The summed E-state index contributed by atoms with van der Waals surface area (Å²) in [4.78, 5) is 12.5. The largest absolute Gasteiger partial charge is 0.495 e. The number of halogens is 2. The zero-order valence-corrected chi connectivity index (χ0v) is 13.0. The molecule has 0 saturated heterocycles. The Morgan fingerprint density at radius 1 is 1.14 bits per heavy atom. The Labute approximate surface area is 129 Å². The molecule has 0 aliphatic rings. The molecule has 0 spiro atoms. The third-order valence-corrected chi connectivity index (χ3v) is 3.72. The third-order valence-electron chi connectivity index (χ3n) is 2.97. The number of hydrogen-bond acceptors (Lipinski definition) is 4. The summed E-state index contributed by atoms with van der Waals surface area (Å²) in [6.45, 7) is 0. The van der Waals surface area contributed by atoms with E-state index >= 15 is 0 Å². The molecule has 2 N–H and O–H groups in total. The van der Waals surface area contributed by atoms with Gasteiger partial charge in [-0.05, 0) is 46.3 Å². The van der Waals surface area contributed by atoms with Gasteiger partial charge in [0.05, 0.1) is 25.3 Å². The lowest BCUT2D eigenvalue weighted by molar-refractivity contribution is 0.103. The molecule has 0 saturated carbocycles. The Bertz CT molecular complexity index is 704. The van der Waals surface area contributed by atoms with E-state index in [0.29, 0.717) is 15.9 Å². The molecule has 0 aliphatic carbocycles. The maximum atomic E-state index is 13.8. The number of nitrogen functional groups attached to an aromatic ring is 1. The first kappa shape index (κ1) is 15.3. The van der Waals surface area contributed by atoms with E-state index in [0.717, 1.165) is 6.07 Å². The van der Waals surface area contributed by atoms with Crippen molar-refractivity contribution in [2.24, 2.45) is 0 Å². The van der Waals surface area contributed by atoms with E-state index in [9.17, 15) is 9.18 Å². The van der Waals surface area contributed by atoms with Crippen molar-refractivity contribution >= 4 is 27.4 Å². The van der Waals surface area contributed by atoms with E-state index in [1.54, 1.807) is 6.07 Å². The lowest BCUT2D eigenvalue weighted by Gasteiger charge is -2.13. The molecule has 0 heterocycles. The summed E-state index contributed by atoms with van der Waals surface area (Å²) in [5.41, 5.74) is 6.03. The van der Waals surface area contributed by atoms with Crippen molar-refractivity contribution in [2.75, 3.05) is 20.0 Å². The number of methoxy groups -OCH3 is 2. The highest BCUT2D eigenvalue weighted by Gasteiger charge is 2.22. The van der Waals surface area contributed by atoms with Crippen LogP contribution in [0.3, 0.4) is 0 Å². The van der Waals surface area contributed by atoms with E-state index in [1.807, 2.05) is 0 Å². The molecule has 110 valence electrons. The standard InChI is InChI=1S/C15H13BrFNO3/c1-20-12-6-4-9(15(21-2)13(12)16)14(19)10-7-8(18)3-5-11(10)17/h3-7H,18H2,1-2H3. The highest BCUT2D eigenvalue weighted by atomic mass is 79.9. The highest BCUT2D eigenvalue weighted by Crippen LogP contribution is 2.38. The first-order chi connectivity index (χ1) is 9.99. The molecule has 2 aromatic carbocycles. The molecule has 0 unspecified atom stereocenters. The Balaban J connectivity index is 2.58. The van der Waals surface area contributed by atoms with Crippen molar-refractivity contribution in [1.82, 2.24) is 0 Å². The van der Waals surface area contributed by atoms with Gasteiger partial charge in [-0.1, -0.05) is 0 Å². The Kier molecular flexibility index (Phi) is 4.47. The monoisotopic (exact) mass is 353 g/mol. The summed E-state index contributed by atoms with van der Waals surface area (Å²) in [5, 5.41) is 0. The van der Waals surface area contributed by atoms with Crippen LogP contribution in [0.1, 0.15) is 15.9 Å². The van der Waals surface area contributed by atoms with Crippen LogP contribution >= 0.6 is 15.9 Å². The van der Waals surface area contributed by atoms with Gasteiger partial charge < -0.3 is 15.2 Å². The molecule has 0 aromatic heterocycles. The number of ketones is 1. The van der Waals surface area contributed by atoms with Crippen LogP contribution in [-0.4, -0.2) is 20.0 Å². The van der Waals surface area contributed by atoms with Gasteiger partial charge in [-0.2, -0.15) is 0 Å². The van der Waals surface area contributed by atoms with Crippen LogP contribution in [-0.2, 0) is 0 Å². The van der Waals surface area contributed by atoms with Crippen molar-refractivity contribution in [3.05, 3.63) is 51.7 Å². The zero-order chi connectivity index (χ0) is 15.6. The number of carbonyl (C=O) groups excluding carboxylic acids is 1. The summed E-state index contributed by atoms with van der Waals surface area (Å²) in [7, 11) is 2.92. The van der Waals surface area contributed by atoms with Gasteiger partial charge in [-0.25, -0.2) is 4.39 Å². The second-order valence-electron chi connectivity index (χ2n) is 4.23. The first-order valence-corrected chi connectivity index (χ1v) is 6.79. The summed E-state index contributed by atoms with van der Waals surface area (Å²) in [6, 6.07) is 6.98. The van der Waals surface area contributed by atoms with Gasteiger partial charge in [-0.3, -0.25) is 4.79 Å². The minimum atomic E-state index is -0.636. The van der Waals surface area contributed by atoms with Crippen LogP contribution in [0.15, 0.2) is 34.8 Å². The van der Waals surface area contributed by atoms with E-state index in [-0.39, 0.29) is 16.9 Å². The SMILES string of the molecule is COc1ccc(C(=O)c2cc(N)ccc2F)c(OC)c1Br. The predicted molar refractivity (Wildman–Crippen MR) is 81.5 cm³/mol. The highest BCUT2D eigenvalue weighted by molar-refractivity contribution is 9.10. The molecule has 0 fully saturated rings. The molecule has 0 aliphatic heterocycles. The number of anilines is 1. The van der Waals surface area contributed by atoms with Crippen molar-refractivity contribution in [1.29, 1.82) is 0 Å². The minimum Gasteiger partial charge on any atom is -0.495 e. The fourth-order valence-corrected chi connectivity index (χ4v) is 2.61. The molecular weight excluding hydrogens is 341 g/mol. The van der Waals surface area contributed by atoms with Crippen LogP contribution < -0.4 is 15.2 Å². The molecule has 2 rings (SSSR count). The van der Waals surface area contributed by atoms with Crippen LogP contribution in [0.5, 0.6) is 11.5 Å². The molecule has 0 atom stereocenters. The summed E-state index contributed by atoms with van der Waals surface area (Å²) >= 11 is 3.31. The van der Waals surface area contributed by atoms with Crippen molar-refractivity contribution < 1.29 is 18.7 Å². The fourth-order valence-electron chi connectivity index (χ4n) is 1.94. The fraction of sp³-hybridized carbons (Fsp3) is 0.133. The van der Waals surface area contributed by atoms with E-state index in [1.165, 1.54) is 32.4 Å². The number of benzene rings is 2. The van der Waals surface area contributed by atoms with Crippen molar-refractivity contribution in [3.63, 3.8) is 0 Å². The number of hydrogen-bond donors (Lipinski definition) is 1. The summed E-state index contributed by atoms with van der Waals surface area (Å²) < 4.78 is 24.7. The molecule has 0 bridgehead atoms. The Hall–Kier alpha value is -2.08. The van der Waals surface area contributed by atoms with E-state index in [2.05, 4.69) is 15.9 Å². The number of ether oxygens (including phenoxy) is 2. The van der Waals surface area contributed by atoms with Crippen molar-refractivity contribution in [2.45, 2.75) is 0 Å². The van der Waals surface area contributed by atoms with Crippen molar-refractivity contribution in [3.8, 4) is 11.5 Å². The summed E-state index contributed by atoms with van der Waals surface area (Å²) in [6.07, 6.45) is 0. The molecule has 4 nitrogen and oxygen atoms in total. The van der Waals surface area contributed by atoms with Gasteiger partial charge >= 0.3 is 0 Å². The molecule has 0 amide bonds. The van der Waals surface area contributed by atoms with E-state index < -0.39 is 11.6 Å². The van der Waals surface area contributed by atoms with Gasteiger partial charge in [0.15, 0.2) is 5.78 Å². The number of rotatable bonds is 4. The maximum Gasteiger partial charge on any atom is 0.199 e. The normalized spacial score (nSPS) is 10.3. The second-order valence-corrected chi connectivity index (χ2v) is 5.02. The van der Waals surface area contributed by atoms with Gasteiger partial charge in [0.1, 0.15) is 21.8 Å². The third kappa shape index (κ3) is 2.85. The lowest BCUT2D eigenvalue weighted by Crippen LogP contribution is -2.08. The van der Waals surface area contributed by atoms with Gasteiger partial charge in [0, 0.05) is 5.69 Å². The Morgan fingerprint density at radius 3 is 2.48 bits per heavy atom. The molecule has 21 heavy (non-hydrogen) atoms. The topological polar surface area (TPSA) is 61.5 Å². The zero-order valence-electron chi connectivity index (χ0n) is 11.4. The van der Waals surface area contributed by atoms with Gasteiger partial charge in [0.2, 0.25) is 0 Å². The Morgan fingerprint density at radius 2 is 1.86 bits per heavy atom. The average molecular weight is 354 g/mol. The average Bonchev–Trinajstić information content (AvgIpc) is 2.48. The first-order valence-electron chi connectivity index (χ1n) is 5.99. The minimum absolute atomic E-state index is 0.106. The van der Waals surface area contributed by atoms with Crippen LogP contribution in [0.2, 0.25) is 0 Å². The predicted octanol–water partition coefficient (Wildman–Crippen LogP) is 3.42.